The molecule has 1 aromatic rings. The minimum absolute atomic E-state index is 0.115. The van der Waals surface area contributed by atoms with Gasteiger partial charge in [-0.05, 0) is 12.1 Å². The molecule has 5 nitrogen and oxygen atoms in total. The Hall–Kier alpha value is -1.88. The number of oxime groups is 1. The number of halogens is 1. The number of carbonyl (C=O) groups is 2. The van der Waals surface area contributed by atoms with Gasteiger partial charge in [0, 0.05) is 0 Å². The molecule has 2 aliphatic rings. The summed E-state index contributed by atoms with van der Waals surface area (Å²) < 4.78 is 0. The van der Waals surface area contributed by atoms with E-state index in [0.717, 1.165) is 4.90 Å². The molecule has 3 rings (SSSR count). The van der Waals surface area contributed by atoms with E-state index in [2.05, 4.69) is 5.16 Å². The maximum atomic E-state index is 12.1. The van der Waals surface area contributed by atoms with Gasteiger partial charge in [0.25, 0.3) is 11.8 Å². The molecule has 1 aromatic carbocycles. The third kappa shape index (κ3) is 1.36. The average molecular weight is 251 g/mol. The second-order valence-electron chi connectivity index (χ2n) is 3.75. The predicted octanol–water partition coefficient (Wildman–Crippen LogP) is 1.23. The maximum Gasteiger partial charge on any atom is 0.262 e. The Morgan fingerprint density at radius 2 is 1.82 bits per heavy atom. The van der Waals surface area contributed by atoms with Crippen LogP contribution in [-0.4, -0.2) is 34.5 Å². The molecule has 0 N–H and O–H groups in total. The third-order valence-electron chi connectivity index (χ3n) is 2.80. The third-order valence-corrected chi connectivity index (χ3v) is 3.12. The number of carbonyl (C=O) groups excluding carboxylic acids is 2. The van der Waals surface area contributed by atoms with Crippen LogP contribution in [0.4, 0.5) is 0 Å². The number of benzene rings is 1. The molecule has 0 radical (unpaired) electrons. The average Bonchev–Trinajstić information content (AvgIpc) is 2.84. The first-order chi connectivity index (χ1) is 8.20. The van der Waals surface area contributed by atoms with Crippen molar-refractivity contribution in [1.82, 2.24) is 4.90 Å². The SMILES string of the molecule is O=C1c2ccccc2C(=O)N1[C@@H]1CON=C1Cl. The molecule has 0 bridgehead atoms. The molecular formula is C11H7ClN2O3. The molecule has 0 aromatic heterocycles. The summed E-state index contributed by atoms with van der Waals surface area (Å²) >= 11 is 5.81. The van der Waals surface area contributed by atoms with Gasteiger partial charge in [-0.3, -0.25) is 14.5 Å². The molecule has 0 fully saturated rings. The summed E-state index contributed by atoms with van der Waals surface area (Å²) in [5.41, 5.74) is 0.794. The number of rotatable bonds is 1. The molecule has 1 atom stereocenters. The highest BCUT2D eigenvalue weighted by Crippen LogP contribution is 2.27. The van der Waals surface area contributed by atoms with E-state index in [1.165, 1.54) is 0 Å². The topological polar surface area (TPSA) is 59.0 Å². The van der Waals surface area contributed by atoms with Crippen molar-refractivity contribution in [3.8, 4) is 0 Å². The van der Waals surface area contributed by atoms with Crippen LogP contribution >= 0.6 is 11.6 Å². The Kier molecular flexibility index (Phi) is 2.16. The number of hydrogen-bond acceptors (Lipinski definition) is 4. The van der Waals surface area contributed by atoms with Crippen LogP contribution in [0.25, 0.3) is 0 Å². The van der Waals surface area contributed by atoms with Crippen molar-refractivity contribution in [2.45, 2.75) is 6.04 Å². The van der Waals surface area contributed by atoms with Crippen LogP contribution in [-0.2, 0) is 4.84 Å². The van der Waals surface area contributed by atoms with Crippen LogP contribution in [0.5, 0.6) is 0 Å². The number of fused-ring (bicyclic) bond motifs is 1. The second kappa shape index (κ2) is 3.56. The van der Waals surface area contributed by atoms with Gasteiger partial charge in [0.15, 0.2) is 5.17 Å². The van der Waals surface area contributed by atoms with Gasteiger partial charge in [0.1, 0.15) is 12.6 Å². The van der Waals surface area contributed by atoms with Crippen LogP contribution in [0, 0.1) is 0 Å². The highest BCUT2D eigenvalue weighted by atomic mass is 35.5. The lowest BCUT2D eigenvalue weighted by Gasteiger charge is -2.18. The summed E-state index contributed by atoms with van der Waals surface area (Å²) in [4.78, 5) is 30.0. The fourth-order valence-electron chi connectivity index (χ4n) is 1.97. The Balaban J connectivity index is 2.04. The second-order valence-corrected chi connectivity index (χ2v) is 4.14. The highest BCUT2D eigenvalue weighted by molar-refractivity contribution is 6.67. The van der Waals surface area contributed by atoms with E-state index in [1.807, 2.05) is 0 Å². The molecule has 17 heavy (non-hydrogen) atoms. The molecule has 2 heterocycles. The van der Waals surface area contributed by atoms with Crippen molar-refractivity contribution in [3.05, 3.63) is 35.4 Å². The molecule has 2 amide bonds. The van der Waals surface area contributed by atoms with Crippen LogP contribution in [0.15, 0.2) is 29.4 Å². The van der Waals surface area contributed by atoms with Crippen molar-refractivity contribution in [2.24, 2.45) is 5.16 Å². The molecular weight excluding hydrogens is 244 g/mol. The summed E-state index contributed by atoms with van der Waals surface area (Å²) in [6.45, 7) is 0.115. The predicted molar refractivity (Wildman–Crippen MR) is 60.0 cm³/mol. The summed E-state index contributed by atoms with van der Waals surface area (Å²) in [6, 6.07) is 6.07. The van der Waals surface area contributed by atoms with Gasteiger partial charge in [-0.15, -0.1) is 0 Å². The van der Waals surface area contributed by atoms with E-state index >= 15 is 0 Å². The van der Waals surface area contributed by atoms with Crippen LogP contribution in [0.3, 0.4) is 0 Å². The molecule has 0 spiro atoms. The van der Waals surface area contributed by atoms with Crippen LogP contribution in [0.2, 0.25) is 0 Å². The first-order valence-electron chi connectivity index (χ1n) is 5.02. The van der Waals surface area contributed by atoms with E-state index in [-0.39, 0.29) is 23.6 Å². The number of amides is 2. The van der Waals surface area contributed by atoms with Crippen molar-refractivity contribution in [3.63, 3.8) is 0 Å². The monoisotopic (exact) mass is 250 g/mol. The molecule has 86 valence electrons. The van der Waals surface area contributed by atoms with Gasteiger partial charge < -0.3 is 4.84 Å². The molecule has 0 saturated heterocycles. The first kappa shape index (κ1) is 10.3. The van der Waals surface area contributed by atoms with Crippen molar-refractivity contribution in [1.29, 1.82) is 0 Å². The van der Waals surface area contributed by atoms with Crippen molar-refractivity contribution >= 4 is 28.6 Å². The van der Waals surface area contributed by atoms with Gasteiger partial charge in [-0.25, -0.2) is 0 Å². The van der Waals surface area contributed by atoms with E-state index in [9.17, 15) is 9.59 Å². The normalized spacial score (nSPS) is 22.5. The lowest BCUT2D eigenvalue weighted by atomic mass is 10.1. The fraction of sp³-hybridized carbons (Fsp3) is 0.182. The van der Waals surface area contributed by atoms with Gasteiger partial charge in [0.05, 0.1) is 11.1 Å². The van der Waals surface area contributed by atoms with Crippen LogP contribution < -0.4 is 0 Å². The lowest BCUT2D eigenvalue weighted by Crippen LogP contribution is -2.43. The maximum absolute atomic E-state index is 12.1. The Morgan fingerprint density at radius 3 is 2.29 bits per heavy atom. The van der Waals surface area contributed by atoms with E-state index in [1.54, 1.807) is 24.3 Å². The van der Waals surface area contributed by atoms with Crippen molar-refractivity contribution < 1.29 is 14.4 Å². The smallest absolute Gasteiger partial charge is 0.262 e. The van der Waals surface area contributed by atoms with Gasteiger partial charge >= 0.3 is 0 Å². The van der Waals surface area contributed by atoms with Gasteiger partial charge in [-0.1, -0.05) is 28.9 Å². The highest BCUT2D eigenvalue weighted by Gasteiger charge is 2.43. The zero-order valence-electron chi connectivity index (χ0n) is 8.59. The molecule has 2 aliphatic heterocycles. The summed E-state index contributed by atoms with van der Waals surface area (Å²) in [7, 11) is 0. The zero-order chi connectivity index (χ0) is 12.0. The largest absolute Gasteiger partial charge is 0.392 e. The summed E-state index contributed by atoms with van der Waals surface area (Å²) in [5, 5.41) is 3.65. The number of hydrogen-bond donors (Lipinski definition) is 0. The molecule has 6 heteroatoms. The fourth-order valence-corrected chi connectivity index (χ4v) is 2.18. The Labute approximate surface area is 102 Å². The van der Waals surface area contributed by atoms with Crippen LogP contribution in [0.1, 0.15) is 20.7 Å². The van der Waals surface area contributed by atoms with Crippen molar-refractivity contribution in [2.75, 3.05) is 6.61 Å². The van der Waals surface area contributed by atoms with E-state index in [4.69, 9.17) is 16.4 Å². The van der Waals surface area contributed by atoms with E-state index < -0.39 is 6.04 Å². The minimum Gasteiger partial charge on any atom is -0.392 e. The lowest BCUT2D eigenvalue weighted by molar-refractivity contribution is 0.0565. The Morgan fingerprint density at radius 1 is 1.24 bits per heavy atom. The van der Waals surface area contributed by atoms with Gasteiger partial charge in [0.2, 0.25) is 0 Å². The van der Waals surface area contributed by atoms with Gasteiger partial charge in [-0.2, -0.15) is 0 Å². The first-order valence-corrected chi connectivity index (χ1v) is 5.40. The number of nitrogens with zero attached hydrogens (tertiary/aromatic N) is 2. The molecule has 0 aliphatic carbocycles. The Bertz CT molecular complexity index is 520. The summed E-state index contributed by atoms with van der Waals surface area (Å²) in [6.07, 6.45) is 0. The molecule has 0 saturated carbocycles. The minimum atomic E-state index is -0.607. The van der Waals surface area contributed by atoms with E-state index in [0.29, 0.717) is 11.1 Å². The quantitative estimate of drug-likeness (QED) is 0.705. The zero-order valence-corrected chi connectivity index (χ0v) is 9.35. The number of imide groups is 1. The molecule has 0 unspecified atom stereocenters. The standard InChI is InChI=1S/C11H7ClN2O3/c12-9-8(5-17-13-9)14-10(15)6-3-1-2-4-7(6)11(14)16/h1-4,8H,5H2/t8-/m1/s1. The summed E-state index contributed by atoms with van der Waals surface area (Å²) in [5.74, 6) is -0.705.